The van der Waals surface area contributed by atoms with Crippen LogP contribution in [0.5, 0.6) is 0 Å². The van der Waals surface area contributed by atoms with Gasteiger partial charge < -0.3 is 25.3 Å². The molecule has 3 fully saturated rings. The van der Waals surface area contributed by atoms with E-state index >= 15 is 0 Å². The number of nitrogens with zero attached hydrogens (tertiary/aromatic N) is 4. The second kappa shape index (κ2) is 10.4. The van der Waals surface area contributed by atoms with Crippen molar-refractivity contribution in [2.45, 2.75) is 19.3 Å². The summed E-state index contributed by atoms with van der Waals surface area (Å²) in [6, 6.07) is 9.08. The summed E-state index contributed by atoms with van der Waals surface area (Å²) in [5.74, 6) is 0.0761. The number of carbonyl (C=O) groups is 3. The van der Waals surface area contributed by atoms with E-state index in [-0.39, 0.29) is 23.6 Å². The Bertz CT molecular complexity index is 1070. The molecule has 1 aromatic carbocycles. The van der Waals surface area contributed by atoms with Crippen molar-refractivity contribution in [3.05, 3.63) is 53.9 Å². The van der Waals surface area contributed by atoms with Gasteiger partial charge in [-0.2, -0.15) is 0 Å². The molecular formula is C26H32N6O3. The standard InChI is InChI=1S/C26H32N6O3/c33-24(19-2-3-19)29-22-18-21(26(35)31-12-1-8-27-11-13-31)4-5-23(22)30-14-16-32(17-15-30)25(34)20-6-9-28-10-7-20/h4-7,9-10,18-19,27H,1-3,8,11-17H2,(H,29,33). The molecule has 9 nitrogen and oxygen atoms in total. The Morgan fingerprint density at radius 3 is 2.29 bits per heavy atom. The number of hydrogen-bond donors (Lipinski definition) is 2. The summed E-state index contributed by atoms with van der Waals surface area (Å²) >= 11 is 0. The number of piperazine rings is 1. The third kappa shape index (κ3) is 5.45. The Morgan fingerprint density at radius 2 is 1.54 bits per heavy atom. The maximum atomic E-state index is 13.2. The number of pyridine rings is 1. The Balaban J connectivity index is 1.32. The van der Waals surface area contributed by atoms with E-state index < -0.39 is 0 Å². The molecule has 3 amide bonds. The van der Waals surface area contributed by atoms with Gasteiger partial charge >= 0.3 is 0 Å². The van der Waals surface area contributed by atoms with Gasteiger partial charge in [0.1, 0.15) is 0 Å². The number of hydrogen-bond acceptors (Lipinski definition) is 6. The number of aromatic nitrogens is 1. The average molecular weight is 477 g/mol. The highest BCUT2D eigenvalue weighted by molar-refractivity contribution is 6.01. The van der Waals surface area contributed by atoms with E-state index in [1.165, 1.54) is 0 Å². The van der Waals surface area contributed by atoms with Crippen molar-refractivity contribution in [3.8, 4) is 0 Å². The molecule has 2 aromatic rings. The zero-order valence-electron chi connectivity index (χ0n) is 19.9. The van der Waals surface area contributed by atoms with Gasteiger partial charge in [0.2, 0.25) is 5.91 Å². The van der Waals surface area contributed by atoms with E-state index in [0.717, 1.165) is 44.6 Å². The fraction of sp³-hybridized carbons (Fsp3) is 0.462. The predicted molar refractivity (Wildman–Crippen MR) is 134 cm³/mol. The van der Waals surface area contributed by atoms with Gasteiger partial charge in [-0.1, -0.05) is 0 Å². The second-order valence-corrected chi connectivity index (χ2v) is 9.41. The second-order valence-electron chi connectivity index (χ2n) is 9.41. The van der Waals surface area contributed by atoms with E-state index in [2.05, 4.69) is 20.5 Å². The molecule has 3 heterocycles. The molecule has 35 heavy (non-hydrogen) atoms. The van der Waals surface area contributed by atoms with Crippen LogP contribution in [-0.2, 0) is 4.79 Å². The van der Waals surface area contributed by atoms with Crippen LogP contribution in [0.4, 0.5) is 11.4 Å². The normalized spacial score (nSPS) is 18.7. The maximum absolute atomic E-state index is 13.2. The highest BCUT2D eigenvalue weighted by Gasteiger charge is 2.31. The molecule has 9 heteroatoms. The molecule has 1 aromatic heterocycles. The molecule has 0 radical (unpaired) electrons. The van der Waals surface area contributed by atoms with Crippen LogP contribution < -0.4 is 15.5 Å². The lowest BCUT2D eigenvalue weighted by molar-refractivity contribution is -0.117. The molecule has 0 bridgehead atoms. The van der Waals surface area contributed by atoms with Gasteiger partial charge in [0.15, 0.2) is 0 Å². The topological polar surface area (TPSA) is 97.9 Å². The van der Waals surface area contributed by atoms with Crippen LogP contribution in [0.25, 0.3) is 0 Å². The molecule has 2 aliphatic heterocycles. The summed E-state index contributed by atoms with van der Waals surface area (Å²) in [7, 11) is 0. The first kappa shape index (κ1) is 23.3. The first-order chi connectivity index (χ1) is 17.1. The Hall–Kier alpha value is -3.46. The summed E-state index contributed by atoms with van der Waals surface area (Å²) in [4.78, 5) is 48.5. The van der Waals surface area contributed by atoms with Crippen LogP contribution in [0, 0.1) is 5.92 Å². The van der Waals surface area contributed by atoms with Crippen LogP contribution in [0.15, 0.2) is 42.7 Å². The van der Waals surface area contributed by atoms with Crippen LogP contribution in [-0.4, -0.2) is 84.9 Å². The van der Waals surface area contributed by atoms with Gasteiger partial charge in [0, 0.05) is 75.3 Å². The van der Waals surface area contributed by atoms with Gasteiger partial charge in [0.05, 0.1) is 11.4 Å². The number of benzene rings is 1. The Morgan fingerprint density at radius 1 is 0.829 bits per heavy atom. The summed E-state index contributed by atoms with van der Waals surface area (Å²) in [6.45, 7) is 5.57. The summed E-state index contributed by atoms with van der Waals surface area (Å²) in [6.07, 6.45) is 6.01. The minimum absolute atomic E-state index is 0.00203. The smallest absolute Gasteiger partial charge is 0.254 e. The predicted octanol–water partition coefficient (Wildman–Crippen LogP) is 1.83. The maximum Gasteiger partial charge on any atom is 0.254 e. The molecule has 0 atom stereocenters. The van der Waals surface area contributed by atoms with Gasteiger partial charge in [-0.25, -0.2) is 0 Å². The van der Waals surface area contributed by atoms with E-state index in [1.807, 2.05) is 28.0 Å². The van der Waals surface area contributed by atoms with Gasteiger partial charge in [-0.3, -0.25) is 19.4 Å². The lowest BCUT2D eigenvalue weighted by atomic mass is 10.1. The third-order valence-electron chi connectivity index (χ3n) is 6.91. The van der Waals surface area contributed by atoms with Crippen LogP contribution in [0.1, 0.15) is 40.0 Å². The van der Waals surface area contributed by atoms with E-state index in [0.29, 0.717) is 49.5 Å². The van der Waals surface area contributed by atoms with Gasteiger partial charge in [-0.15, -0.1) is 0 Å². The summed E-state index contributed by atoms with van der Waals surface area (Å²) < 4.78 is 0. The number of amides is 3. The number of carbonyl (C=O) groups excluding carboxylic acids is 3. The van der Waals surface area contributed by atoms with Crippen molar-refractivity contribution in [3.63, 3.8) is 0 Å². The van der Waals surface area contributed by atoms with Crippen molar-refractivity contribution < 1.29 is 14.4 Å². The minimum atomic E-state index is -0.00469. The largest absolute Gasteiger partial charge is 0.366 e. The molecule has 1 aliphatic carbocycles. The van der Waals surface area contributed by atoms with Gasteiger partial charge in [0.25, 0.3) is 11.8 Å². The van der Waals surface area contributed by atoms with Crippen molar-refractivity contribution in [2.24, 2.45) is 5.92 Å². The van der Waals surface area contributed by atoms with Crippen molar-refractivity contribution in [1.29, 1.82) is 0 Å². The highest BCUT2D eigenvalue weighted by atomic mass is 16.2. The highest BCUT2D eigenvalue weighted by Crippen LogP contribution is 2.34. The lowest BCUT2D eigenvalue weighted by Crippen LogP contribution is -2.49. The summed E-state index contributed by atoms with van der Waals surface area (Å²) in [5, 5.41) is 6.41. The lowest BCUT2D eigenvalue weighted by Gasteiger charge is -2.37. The molecule has 184 valence electrons. The minimum Gasteiger partial charge on any atom is -0.366 e. The number of rotatable bonds is 5. The van der Waals surface area contributed by atoms with Gasteiger partial charge in [-0.05, 0) is 56.1 Å². The summed E-state index contributed by atoms with van der Waals surface area (Å²) in [5.41, 5.74) is 2.80. The first-order valence-electron chi connectivity index (χ1n) is 12.5. The zero-order valence-corrected chi connectivity index (χ0v) is 19.9. The quantitative estimate of drug-likeness (QED) is 0.683. The first-order valence-corrected chi connectivity index (χ1v) is 12.5. The average Bonchev–Trinajstić information content (AvgIpc) is 3.76. The molecule has 2 saturated heterocycles. The molecule has 0 spiro atoms. The molecule has 5 rings (SSSR count). The monoisotopic (exact) mass is 476 g/mol. The van der Waals surface area contributed by atoms with Crippen LogP contribution in [0.3, 0.4) is 0 Å². The molecular weight excluding hydrogens is 444 g/mol. The number of anilines is 2. The van der Waals surface area contributed by atoms with Crippen LogP contribution in [0.2, 0.25) is 0 Å². The molecule has 0 unspecified atom stereocenters. The van der Waals surface area contributed by atoms with Crippen LogP contribution >= 0.6 is 0 Å². The van der Waals surface area contributed by atoms with E-state index in [1.54, 1.807) is 24.5 Å². The number of nitrogens with one attached hydrogen (secondary N) is 2. The van der Waals surface area contributed by atoms with E-state index in [4.69, 9.17) is 0 Å². The van der Waals surface area contributed by atoms with Crippen molar-refractivity contribution >= 4 is 29.1 Å². The third-order valence-corrected chi connectivity index (χ3v) is 6.91. The SMILES string of the molecule is O=C(Nc1cc(C(=O)N2CCCNCC2)ccc1N1CCN(C(=O)c2ccncc2)CC1)C1CC1. The molecule has 3 aliphatic rings. The Labute approximate surface area is 205 Å². The van der Waals surface area contributed by atoms with E-state index in [9.17, 15) is 14.4 Å². The zero-order chi connectivity index (χ0) is 24.2. The fourth-order valence-corrected chi connectivity index (χ4v) is 4.68. The molecule has 2 N–H and O–H groups in total. The fourth-order valence-electron chi connectivity index (χ4n) is 4.68. The Kier molecular flexibility index (Phi) is 6.94. The van der Waals surface area contributed by atoms with Crippen molar-refractivity contribution in [2.75, 3.05) is 62.6 Å². The van der Waals surface area contributed by atoms with Crippen molar-refractivity contribution in [1.82, 2.24) is 20.1 Å². The molecule has 1 saturated carbocycles.